The maximum absolute atomic E-state index is 14.3. The number of benzene rings is 1. The maximum atomic E-state index is 14.3. The minimum absolute atomic E-state index is 0.0202. The number of nitrogen functional groups attached to an aromatic ring is 1. The van der Waals surface area contributed by atoms with Crippen LogP contribution in [0, 0.1) is 17.7 Å². The van der Waals surface area contributed by atoms with Gasteiger partial charge in [-0.05, 0) is 93.4 Å². The Morgan fingerprint density at radius 1 is 0.925 bits per heavy atom. The highest BCUT2D eigenvalue weighted by atomic mass is 19.1. The zero-order valence-corrected chi connectivity index (χ0v) is 23.3. The Kier molecular flexibility index (Phi) is 7.91. The highest BCUT2D eigenvalue weighted by Gasteiger charge is 2.33. The summed E-state index contributed by atoms with van der Waals surface area (Å²) < 4.78 is 18.0. The number of likely N-dealkylation sites (tertiary alicyclic amines) is 2. The molecule has 1 aromatic carbocycles. The molecule has 2 saturated heterocycles. The van der Waals surface area contributed by atoms with Gasteiger partial charge < -0.3 is 10.6 Å². The second-order valence-electron chi connectivity index (χ2n) is 12.1. The molecule has 214 valence electrons. The van der Waals surface area contributed by atoms with Crippen LogP contribution in [0.2, 0.25) is 0 Å². The van der Waals surface area contributed by atoms with Gasteiger partial charge in [0.15, 0.2) is 0 Å². The van der Waals surface area contributed by atoms with Crippen molar-refractivity contribution in [1.29, 1.82) is 0 Å². The Balaban J connectivity index is 1.09. The normalized spacial score (nSPS) is 20.4. The molecule has 0 radical (unpaired) electrons. The number of piperidine rings is 2. The minimum Gasteiger partial charge on any atom is -0.384 e. The lowest BCUT2D eigenvalue weighted by molar-refractivity contribution is -0.138. The molecule has 1 saturated carbocycles. The topological polar surface area (TPSA) is 89.4 Å². The lowest BCUT2D eigenvalue weighted by Crippen LogP contribution is -2.46. The van der Waals surface area contributed by atoms with Crippen molar-refractivity contribution < 1.29 is 9.18 Å². The van der Waals surface area contributed by atoms with Gasteiger partial charge >= 0.3 is 5.69 Å². The lowest BCUT2D eigenvalue weighted by atomic mass is 9.89. The highest BCUT2D eigenvalue weighted by molar-refractivity contribution is 5.79. The molecule has 3 aliphatic rings. The first-order valence-corrected chi connectivity index (χ1v) is 15.1. The van der Waals surface area contributed by atoms with Crippen molar-refractivity contribution in [3.05, 3.63) is 58.4 Å². The van der Waals surface area contributed by atoms with Gasteiger partial charge in [0.25, 0.3) is 0 Å². The van der Waals surface area contributed by atoms with Crippen molar-refractivity contribution >= 4 is 22.8 Å². The molecular weight excluding hydrogens is 507 g/mol. The van der Waals surface area contributed by atoms with E-state index in [1.165, 1.54) is 31.4 Å². The Morgan fingerprint density at radius 3 is 2.40 bits per heavy atom. The fourth-order valence-electron chi connectivity index (χ4n) is 7.20. The van der Waals surface area contributed by atoms with Crippen LogP contribution in [0.4, 0.5) is 10.2 Å². The van der Waals surface area contributed by atoms with E-state index < -0.39 is 0 Å². The van der Waals surface area contributed by atoms with Crippen LogP contribution in [0.1, 0.15) is 69.4 Å². The van der Waals surface area contributed by atoms with E-state index in [0.29, 0.717) is 36.9 Å². The van der Waals surface area contributed by atoms with E-state index in [-0.39, 0.29) is 29.4 Å². The van der Waals surface area contributed by atoms with Gasteiger partial charge in [-0.25, -0.2) is 14.2 Å². The Bertz CT molecular complexity index is 1390. The number of fused-ring (bicyclic) bond motifs is 1. The third kappa shape index (κ3) is 5.66. The molecule has 3 fully saturated rings. The Morgan fingerprint density at radius 2 is 1.68 bits per heavy atom. The monoisotopic (exact) mass is 548 g/mol. The Hall–Kier alpha value is -3.20. The van der Waals surface area contributed by atoms with Crippen molar-refractivity contribution in [3.8, 4) is 0 Å². The summed E-state index contributed by atoms with van der Waals surface area (Å²) >= 11 is 0. The summed E-state index contributed by atoms with van der Waals surface area (Å²) in [5.41, 5.74) is 8.46. The molecule has 0 bridgehead atoms. The number of hydrogen-bond donors (Lipinski definition) is 1. The zero-order chi connectivity index (χ0) is 27.6. The molecule has 2 N–H and O–H groups in total. The first-order valence-electron chi connectivity index (χ1n) is 15.1. The molecule has 1 amide bonds. The van der Waals surface area contributed by atoms with Gasteiger partial charge in [-0.1, -0.05) is 19.3 Å². The van der Waals surface area contributed by atoms with Crippen molar-refractivity contribution in [2.75, 3.05) is 31.9 Å². The second-order valence-corrected chi connectivity index (χ2v) is 12.1. The van der Waals surface area contributed by atoms with Gasteiger partial charge in [-0.15, -0.1) is 0 Å². The second kappa shape index (κ2) is 11.7. The number of nitrogens with zero attached hydrogens (tertiary/aromatic N) is 5. The predicted molar refractivity (Wildman–Crippen MR) is 154 cm³/mol. The first-order chi connectivity index (χ1) is 19.5. The summed E-state index contributed by atoms with van der Waals surface area (Å²) in [6.45, 7) is 4.58. The van der Waals surface area contributed by atoms with Crippen molar-refractivity contribution in [1.82, 2.24) is 23.9 Å². The van der Waals surface area contributed by atoms with E-state index in [4.69, 9.17) is 5.73 Å². The third-order valence-electron chi connectivity index (χ3n) is 9.42. The molecule has 0 atom stereocenters. The fourth-order valence-corrected chi connectivity index (χ4v) is 7.20. The molecule has 2 aliphatic heterocycles. The highest BCUT2D eigenvalue weighted by Crippen LogP contribution is 2.31. The SMILES string of the molecule is Nc1cc(CN2CCC(C(=O)N3CCC(n4c(=O)n(CC5CCCCC5)c5cc(F)ccc54)CC3)CC2)ccn1. The summed E-state index contributed by atoms with van der Waals surface area (Å²) in [7, 11) is 0. The smallest absolute Gasteiger partial charge is 0.329 e. The van der Waals surface area contributed by atoms with E-state index in [1.54, 1.807) is 12.3 Å². The van der Waals surface area contributed by atoms with Crippen LogP contribution in [0.3, 0.4) is 0 Å². The molecule has 6 rings (SSSR count). The van der Waals surface area contributed by atoms with Crippen LogP contribution >= 0.6 is 0 Å². The van der Waals surface area contributed by atoms with Crippen molar-refractivity contribution in [3.63, 3.8) is 0 Å². The summed E-state index contributed by atoms with van der Waals surface area (Å²) in [6, 6.07) is 8.66. The van der Waals surface area contributed by atoms with Crippen molar-refractivity contribution in [2.45, 2.75) is 76.9 Å². The fraction of sp³-hybridized carbons (Fsp3) is 0.581. The van der Waals surface area contributed by atoms with Crippen LogP contribution in [-0.4, -0.2) is 56.0 Å². The predicted octanol–water partition coefficient (Wildman–Crippen LogP) is 4.58. The molecular formula is C31H41FN6O2. The largest absolute Gasteiger partial charge is 0.384 e. The zero-order valence-electron chi connectivity index (χ0n) is 23.3. The van der Waals surface area contributed by atoms with Gasteiger partial charge in [-0.3, -0.25) is 18.8 Å². The number of anilines is 1. The summed E-state index contributed by atoms with van der Waals surface area (Å²) in [4.78, 5) is 35.6. The number of pyridine rings is 1. The number of nitrogens with two attached hydrogens (primary N) is 1. The average molecular weight is 549 g/mol. The quantitative estimate of drug-likeness (QED) is 0.487. The number of amides is 1. The van der Waals surface area contributed by atoms with Gasteiger partial charge in [0.1, 0.15) is 11.6 Å². The standard InChI is InChI=1S/C31H41FN6O2/c32-25-6-7-27-28(19-25)37(21-22-4-2-1-3-5-22)31(40)38(27)26-11-16-36(17-12-26)30(39)24-9-14-35(15-10-24)20-23-8-13-34-29(33)18-23/h6-8,13,18-19,22,24,26H,1-5,9-12,14-17,20-21H2,(H2,33,34). The summed E-state index contributed by atoms with van der Waals surface area (Å²) in [5.74, 6) is 1.01. The molecule has 8 nitrogen and oxygen atoms in total. The number of hydrogen-bond acceptors (Lipinski definition) is 5. The summed E-state index contributed by atoms with van der Waals surface area (Å²) in [6.07, 6.45) is 10.9. The number of imidazole rings is 1. The van der Waals surface area contributed by atoms with E-state index in [0.717, 1.165) is 69.2 Å². The summed E-state index contributed by atoms with van der Waals surface area (Å²) in [5, 5.41) is 0. The number of halogens is 1. The molecule has 4 heterocycles. The van der Waals surface area contributed by atoms with Crippen LogP contribution in [0.25, 0.3) is 11.0 Å². The van der Waals surface area contributed by atoms with Gasteiger partial charge in [0.05, 0.1) is 11.0 Å². The maximum Gasteiger partial charge on any atom is 0.329 e. The molecule has 9 heteroatoms. The van der Waals surface area contributed by atoms with Crippen LogP contribution in [0.15, 0.2) is 41.3 Å². The molecule has 0 spiro atoms. The van der Waals surface area contributed by atoms with E-state index in [2.05, 4.69) is 9.88 Å². The average Bonchev–Trinajstić information content (AvgIpc) is 3.24. The van der Waals surface area contributed by atoms with Crippen LogP contribution < -0.4 is 11.4 Å². The molecule has 1 aliphatic carbocycles. The van der Waals surface area contributed by atoms with Crippen molar-refractivity contribution in [2.24, 2.45) is 11.8 Å². The van der Waals surface area contributed by atoms with Gasteiger partial charge in [-0.2, -0.15) is 0 Å². The first kappa shape index (κ1) is 27.0. The van der Waals surface area contributed by atoms with Gasteiger partial charge in [0.2, 0.25) is 5.91 Å². The number of rotatable bonds is 6. The lowest BCUT2D eigenvalue weighted by Gasteiger charge is -2.37. The van der Waals surface area contributed by atoms with Crippen LogP contribution in [0.5, 0.6) is 0 Å². The molecule has 2 aromatic heterocycles. The van der Waals surface area contributed by atoms with Crippen LogP contribution in [-0.2, 0) is 17.9 Å². The minimum atomic E-state index is -0.307. The molecule has 0 unspecified atom stereocenters. The van der Waals surface area contributed by atoms with E-state index in [1.807, 2.05) is 26.2 Å². The molecule has 40 heavy (non-hydrogen) atoms. The third-order valence-corrected chi connectivity index (χ3v) is 9.42. The molecule has 3 aromatic rings. The van der Waals surface area contributed by atoms with Gasteiger partial charge in [0, 0.05) is 44.3 Å². The van der Waals surface area contributed by atoms with E-state index in [9.17, 15) is 14.0 Å². The Labute approximate surface area is 235 Å². The number of aromatic nitrogens is 3. The van der Waals surface area contributed by atoms with E-state index >= 15 is 0 Å². The number of carbonyl (C=O) groups excluding carboxylic acids is 1. The number of carbonyl (C=O) groups is 1.